The van der Waals surface area contributed by atoms with E-state index in [9.17, 15) is 14.7 Å². The number of rotatable bonds is 3. The Morgan fingerprint density at radius 1 is 1.04 bits per heavy atom. The second kappa shape index (κ2) is 7.73. The van der Waals surface area contributed by atoms with Gasteiger partial charge in [0.15, 0.2) is 0 Å². The average Bonchev–Trinajstić information content (AvgIpc) is 3.14. The molecule has 0 saturated carbocycles. The zero-order chi connectivity index (χ0) is 19.7. The van der Waals surface area contributed by atoms with Crippen molar-refractivity contribution in [3.63, 3.8) is 0 Å². The predicted molar refractivity (Wildman–Crippen MR) is 113 cm³/mol. The molecule has 7 heteroatoms. The molecule has 3 aromatic rings. The maximum Gasteiger partial charge on any atom is 0.327 e. The molecule has 1 aliphatic heterocycles. The second-order valence-electron chi connectivity index (χ2n) is 6.46. The topological polar surface area (TPSA) is 69.6 Å². The van der Waals surface area contributed by atoms with Gasteiger partial charge in [-0.3, -0.25) is 4.90 Å². The summed E-state index contributed by atoms with van der Waals surface area (Å²) < 4.78 is 0. The SMILES string of the molecule is O=C(O)[C@@H]1CS[C@H](c2ccc(Cl)cc2)N1C(=O)Nc1cccc2ccccc12. The van der Waals surface area contributed by atoms with Crippen LogP contribution in [0.4, 0.5) is 10.5 Å². The van der Waals surface area contributed by atoms with Crippen molar-refractivity contribution in [2.75, 3.05) is 11.1 Å². The monoisotopic (exact) mass is 412 g/mol. The number of fused-ring (bicyclic) bond motifs is 1. The van der Waals surface area contributed by atoms with Gasteiger partial charge in [-0.2, -0.15) is 0 Å². The molecule has 0 spiro atoms. The summed E-state index contributed by atoms with van der Waals surface area (Å²) in [6, 6.07) is 19.2. The van der Waals surface area contributed by atoms with E-state index >= 15 is 0 Å². The molecule has 2 atom stereocenters. The Bertz CT molecular complexity index is 1040. The van der Waals surface area contributed by atoms with Gasteiger partial charge in [-0.05, 0) is 29.1 Å². The van der Waals surface area contributed by atoms with Crippen LogP contribution >= 0.6 is 23.4 Å². The molecule has 2 N–H and O–H groups in total. The Morgan fingerprint density at radius 3 is 2.50 bits per heavy atom. The maximum absolute atomic E-state index is 13.1. The lowest BCUT2D eigenvalue weighted by molar-refractivity contribution is -0.141. The number of carbonyl (C=O) groups excluding carboxylic acids is 1. The van der Waals surface area contributed by atoms with Crippen molar-refractivity contribution in [2.24, 2.45) is 0 Å². The van der Waals surface area contributed by atoms with Gasteiger partial charge < -0.3 is 10.4 Å². The molecule has 0 aliphatic carbocycles. The summed E-state index contributed by atoms with van der Waals surface area (Å²) in [6.45, 7) is 0. The quantitative estimate of drug-likeness (QED) is 0.618. The van der Waals surface area contributed by atoms with Gasteiger partial charge in [0.05, 0.1) is 5.69 Å². The Labute approximate surface area is 171 Å². The third-order valence-electron chi connectivity index (χ3n) is 4.71. The lowest BCUT2D eigenvalue weighted by Crippen LogP contribution is -2.45. The third kappa shape index (κ3) is 3.53. The number of thioether (sulfide) groups is 1. The van der Waals surface area contributed by atoms with Gasteiger partial charge in [0.2, 0.25) is 0 Å². The van der Waals surface area contributed by atoms with E-state index in [0.29, 0.717) is 16.5 Å². The minimum atomic E-state index is -1.02. The molecule has 4 rings (SSSR count). The van der Waals surface area contributed by atoms with Crippen LogP contribution in [0.15, 0.2) is 66.7 Å². The molecule has 1 fully saturated rings. The number of hydrogen-bond acceptors (Lipinski definition) is 3. The molecule has 2 amide bonds. The van der Waals surface area contributed by atoms with Crippen molar-refractivity contribution in [3.8, 4) is 0 Å². The summed E-state index contributed by atoms with van der Waals surface area (Å²) in [5.41, 5.74) is 1.49. The van der Waals surface area contributed by atoms with E-state index in [-0.39, 0.29) is 0 Å². The van der Waals surface area contributed by atoms with Crippen LogP contribution < -0.4 is 5.32 Å². The molecule has 28 heavy (non-hydrogen) atoms. The summed E-state index contributed by atoms with van der Waals surface area (Å²) in [6.07, 6.45) is 0. The van der Waals surface area contributed by atoms with Crippen LogP contribution in [0.25, 0.3) is 10.8 Å². The van der Waals surface area contributed by atoms with E-state index in [0.717, 1.165) is 16.3 Å². The van der Waals surface area contributed by atoms with Crippen LogP contribution in [0.1, 0.15) is 10.9 Å². The van der Waals surface area contributed by atoms with Crippen LogP contribution in [0, 0.1) is 0 Å². The average molecular weight is 413 g/mol. The fourth-order valence-electron chi connectivity index (χ4n) is 3.34. The Balaban J connectivity index is 1.67. The zero-order valence-electron chi connectivity index (χ0n) is 14.7. The van der Waals surface area contributed by atoms with E-state index < -0.39 is 23.4 Å². The number of urea groups is 1. The minimum Gasteiger partial charge on any atom is -0.480 e. The number of hydrogen-bond donors (Lipinski definition) is 2. The van der Waals surface area contributed by atoms with Gasteiger partial charge in [-0.15, -0.1) is 11.8 Å². The molecule has 0 aromatic heterocycles. The number of benzene rings is 3. The number of aliphatic carboxylic acids is 1. The second-order valence-corrected chi connectivity index (χ2v) is 8.01. The van der Waals surface area contributed by atoms with Crippen molar-refractivity contribution in [2.45, 2.75) is 11.4 Å². The summed E-state index contributed by atoms with van der Waals surface area (Å²) in [7, 11) is 0. The molecule has 142 valence electrons. The number of nitrogens with one attached hydrogen (secondary N) is 1. The Kier molecular flexibility index (Phi) is 5.15. The highest BCUT2D eigenvalue weighted by atomic mass is 35.5. The van der Waals surface area contributed by atoms with Crippen LogP contribution in [0.2, 0.25) is 5.02 Å². The number of anilines is 1. The van der Waals surface area contributed by atoms with Crippen LogP contribution in [0.5, 0.6) is 0 Å². The summed E-state index contributed by atoms with van der Waals surface area (Å²) in [5.74, 6) is -0.692. The first kappa shape index (κ1) is 18.7. The predicted octanol–water partition coefficient (Wildman–Crippen LogP) is 5.23. The molecule has 5 nitrogen and oxygen atoms in total. The standard InChI is InChI=1S/C21H17ClN2O3S/c22-15-10-8-14(9-11-15)19-24(18(12-28-19)20(25)26)21(27)23-17-7-3-5-13-4-1-2-6-16(13)17/h1-11,18-19H,12H2,(H,23,27)(H,25,26)/t18-,19+/m0/s1. The van der Waals surface area contributed by atoms with E-state index in [2.05, 4.69) is 5.32 Å². The normalized spacial score (nSPS) is 19.0. The molecule has 0 bridgehead atoms. The lowest BCUT2D eigenvalue weighted by atomic mass is 10.1. The number of carboxylic acid groups (broad SMARTS) is 1. The molecule has 0 unspecified atom stereocenters. The van der Waals surface area contributed by atoms with Crippen LogP contribution in [-0.4, -0.2) is 33.8 Å². The van der Waals surface area contributed by atoms with Crippen LogP contribution in [0.3, 0.4) is 0 Å². The molecule has 3 aromatic carbocycles. The third-order valence-corrected chi connectivity index (χ3v) is 6.28. The summed E-state index contributed by atoms with van der Waals surface area (Å²) in [4.78, 5) is 26.3. The van der Waals surface area contributed by atoms with Gasteiger partial charge >= 0.3 is 12.0 Å². The number of amides is 2. The molecule has 1 heterocycles. The number of nitrogens with zero attached hydrogens (tertiary/aromatic N) is 1. The van der Waals surface area contributed by atoms with Crippen molar-refractivity contribution < 1.29 is 14.7 Å². The van der Waals surface area contributed by atoms with E-state index in [1.165, 1.54) is 16.7 Å². The fraction of sp³-hybridized carbons (Fsp3) is 0.143. The van der Waals surface area contributed by atoms with Gasteiger partial charge in [-0.1, -0.05) is 60.1 Å². The highest BCUT2D eigenvalue weighted by Crippen LogP contribution is 2.42. The van der Waals surface area contributed by atoms with Crippen molar-refractivity contribution >= 4 is 51.8 Å². The van der Waals surface area contributed by atoms with E-state index in [1.54, 1.807) is 12.1 Å². The summed E-state index contributed by atoms with van der Waals surface area (Å²) >= 11 is 7.39. The smallest absolute Gasteiger partial charge is 0.327 e. The van der Waals surface area contributed by atoms with Crippen molar-refractivity contribution in [3.05, 3.63) is 77.3 Å². The molecule has 1 saturated heterocycles. The Morgan fingerprint density at radius 2 is 1.75 bits per heavy atom. The number of carboxylic acids is 1. The lowest BCUT2D eigenvalue weighted by Gasteiger charge is -2.28. The van der Waals surface area contributed by atoms with Crippen LogP contribution in [-0.2, 0) is 4.79 Å². The van der Waals surface area contributed by atoms with E-state index in [4.69, 9.17) is 11.6 Å². The zero-order valence-corrected chi connectivity index (χ0v) is 16.3. The molecule has 0 radical (unpaired) electrons. The highest BCUT2D eigenvalue weighted by Gasteiger charge is 2.42. The Hall–Kier alpha value is -2.70. The summed E-state index contributed by atoms with van der Waals surface area (Å²) in [5, 5.41) is 14.6. The molecular weight excluding hydrogens is 396 g/mol. The molecular formula is C21H17ClN2O3S. The molecule has 1 aliphatic rings. The number of carbonyl (C=O) groups is 2. The fourth-order valence-corrected chi connectivity index (χ4v) is 4.89. The largest absolute Gasteiger partial charge is 0.480 e. The van der Waals surface area contributed by atoms with Gasteiger partial charge in [0.1, 0.15) is 11.4 Å². The van der Waals surface area contributed by atoms with E-state index in [1.807, 2.05) is 54.6 Å². The first-order valence-corrected chi connectivity index (χ1v) is 10.1. The van der Waals surface area contributed by atoms with Crippen molar-refractivity contribution in [1.29, 1.82) is 0 Å². The van der Waals surface area contributed by atoms with Crippen molar-refractivity contribution in [1.82, 2.24) is 4.90 Å². The van der Waals surface area contributed by atoms with Gasteiger partial charge in [-0.25, -0.2) is 9.59 Å². The first-order chi connectivity index (χ1) is 13.5. The maximum atomic E-state index is 13.1. The van der Waals surface area contributed by atoms with Gasteiger partial charge in [0, 0.05) is 16.2 Å². The minimum absolute atomic E-state index is 0.325. The highest BCUT2D eigenvalue weighted by molar-refractivity contribution is 7.99. The number of halogens is 1. The first-order valence-electron chi connectivity index (χ1n) is 8.71. The van der Waals surface area contributed by atoms with Gasteiger partial charge in [0.25, 0.3) is 0 Å².